The smallest absolute Gasteiger partial charge is 0.223 e. The van der Waals surface area contributed by atoms with Gasteiger partial charge in [0, 0.05) is 29.9 Å². The van der Waals surface area contributed by atoms with E-state index in [9.17, 15) is 9.90 Å². The van der Waals surface area contributed by atoms with Gasteiger partial charge in [0.05, 0.1) is 6.04 Å². The van der Waals surface area contributed by atoms with E-state index in [1.807, 2.05) is 29.2 Å². The fourth-order valence-electron chi connectivity index (χ4n) is 2.52. The molecule has 0 aromatic heterocycles. The molecule has 1 heterocycles. The fraction of sp³-hybridized carbons (Fsp3) is 0.500. The molecule has 0 saturated carbocycles. The van der Waals surface area contributed by atoms with Crippen LogP contribution in [0.2, 0.25) is 5.02 Å². The number of aliphatic hydroxyl groups excluding tert-OH is 1. The first kappa shape index (κ1) is 14.8. The molecular weight excluding hydrogens is 330 g/mol. The van der Waals surface area contributed by atoms with Gasteiger partial charge in [-0.25, -0.2) is 0 Å². The van der Waals surface area contributed by atoms with Crippen LogP contribution in [0.25, 0.3) is 0 Å². The van der Waals surface area contributed by atoms with E-state index in [2.05, 4.69) is 15.9 Å². The molecule has 2 unspecified atom stereocenters. The monoisotopic (exact) mass is 345 g/mol. The largest absolute Gasteiger partial charge is 0.396 e. The van der Waals surface area contributed by atoms with Crippen molar-refractivity contribution < 1.29 is 9.90 Å². The van der Waals surface area contributed by atoms with E-state index in [4.69, 9.17) is 11.6 Å². The number of likely N-dealkylation sites (tertiary alicyclic amines) is 1. The first-order chi connectivity index (χ1) is 9.15. The SMILES string of the molecule is O=C1CC(CBr)CN1C(CCO)c1ccc(Cl)cc1. The van der Waals surface area contributed by atoms with Crippen LogP contribution < -0.4 is 0 Å². The molecule has 1 saturated heterocycles. The summed E-state index contributed by atoms with van der Waals surface area (Å²) in [4.78, 5) is 14.0. The molecule has 0 bridgehead atoms. The highest BCUT2D eigenvalue weighted by Crippen LogP contribution is 2.32. The van der Waals surface area contributed by atoms with Crippen molar-refractivity contribution >= 4 is 33.4 Å². The Labute approximate surface area is 126 Å². The topological polar surface area (TPSA) is 40.5 Å². The second-order valence-electron chi connectivity index (χ2n) is 4.85. The summed E-state index contributed by atoms with van der Waals surface area (Å²) < 4.78 is 0. The second kappa shape index (κ2) is 6.73. The van der Waals surface area contributed by atoms with E-state index in [1.165, 1.54) is 0 Å². The predicted molar refractivity (Wildman–Crippen MR) is 79.5 cm³/mol. The van der Waals surface area contributed by atoms with E-state index in [1.54, 1.807) is 0 Å². The summed E-state index contributed by atoms with van der Waals surface area (Å²) in [7, 11) is 0. The van der Waals surface area contributed by atoms with E-state index >= 15 is 0 Å². The molecule has 0 radical (unpaired) electrons. The summed E-state index contributed by atoms with van der Waals surface area (Å²) in [5, 5.41) is 10.8. The minimum atomic E-state index is -0.0567. The van der Waals surface area contributed by atoms with Crippen molar-refractivity contribution in [1.82, 2.24) is 4.90 Å². The molecule has 0 aliphatic carbocycles. The van der Waals surface area contributed by atoms with E-state index in [-0.39, 0.29) is 18.6 Å². The summed E-state index contributed by atoms with van der Waals surface area (Å²) in [6, 6.07) is 7.45. The molecule has 1 aliphatic heterocycles. The number of benzene rings is 1. The van der Waals surface area contributed by atoms with Crippen molar-refractivity contribution in [2.75, 3.05) is 18.5 Å². The van der Waals surface area contributed by atoms with Crippen LogP contribution in [0.1, 0.15) is 24.4 Å². The molecule has 1 aliphatic rings. The van der Waals surface area contributed by atoms with Gasteiger partial charge in [-0.15, -0.1) is 0 Å². The van der Waals surface area contributed by atoms with Gasteiger partial charge in [-0.2, -0.15) is 0 Å². The van der Waals surface area contributed by atoms with Crippen LogP contribution in [-0.2, 0) is 4.79 Å². The highest BCUT2D eigenvalue weighted by atomic mass is 79.9. The number of amides is 1. The Bertz CT molecular complexity index is 438. The Kier molecular flexibility index (Phi) is 5.25. The van der Waals surface area contributed by atoms with Gasteiger partial charge >= 0.3 is 0 Å². The third-order valence-corrected chi connectivity index (χ3v) is 4.66. The van der Waals surface area contributed by atoms with Crippen LogP contribution in [0, 0.1) is 5.92 Å². The summed E-state index contributed by atoms with van der Waals surface area (Å²) in [6.45, 7) is 0.813. The van der Waals surface area contributed by atoms with E-state index in [0.29, 0.717) is 23.8 Å². The molecule has 104 valence electrons. The van der Waals surface area contributed by atoms with Crippen LogP contribution in [0.5, 0.6) is 0 Å². The van der Waals surface area contributed by atoms with Crippen LogP contribution in [0.3, 0.4) is 0 Å². The van der Waals surface area contributed by atoms with Crippen molar-refractivity contribution in [3.05, 3.63) is 34.9 Å². The summed E-state index contributed by atoms with van der Waals surface area (Å²) in [5.74, 6) is 0.527. The minimum absolute atomic E-state index is 0.0567. The maximum absolute atomic E-state index is 12.1. The Morgan fingerprint density at radius 2 is 2.11 bits per heavy atom. The van der Waals surface area contributed by atoms with E-state index < -0.39 is 0 Å². The van der Waals surface area contributed by atoms with Gasteiger partial charge in [0.15, 0.2) is 0 Å². The molecule has 1 fully saturated rings. The fourth-order valence-corrected chi connectivity index (χ4v) is 3.08. The molecule has 1 amide bonds. The molecular formula is C14H17BrClNO2. The predicted octanol–water partition coefficient (Wildman–Crippen LogP) is 3.01. The quantitative estimate of drug-likeness (QED) is 0.833. The molecule has 5 heteroatoms. The van der Waals surface area contributed by atoms with Gasteiger partial charge in [0.2, 0.25) is 5.91 Å². The molecule has 2 atom stereocenters. The lowest BCUT2D eigenvalue weighted by atomic mass is 10.0. The summed E-state index contributed by atoms with van der Waals surface area (Å²) in [5.41, 5.74) is 1.03. The molecule has 3 nitrogen and oxygen atoms in total. The van der Waals surface area contributed by atoms with E-state index in [0.717, 1.165) is 17.4 Å². The van der Waals surface area contributed by atoms with Gasteiger partial charge < -0.3 is 10.0 Å². The number of hydrogen-bond acceptors (Lipinski definition) is 2. The number of hydrogen-bond donors (Lipinski definition) is 1. The Balaban J connectivity index is 2.20. The zero-order valence-electron chi connectivity index (χ0n) is 10.6. The number of aliphatic hydroxyl groups is 1. The summed E-state index contributed by atoms with van der Waals surface area (Å²) >= 11 is 9.33. The first-order valence-electron chi connectivity index (χ1n) is 6.37. The van der Waals surface area contributed by atoms with Crippen molar-refractivity contribution in [2.45, 2.75) is 18.9 Å². The minimum Gasteiger partial charge on any atom is -0.396 e. The van der Waals surface area contributed by atoms with Gasteiger partial charge in [0.1, 0.15) is 0 Å². The van der Waals surface area contributed by atoms with Crippen LogP contribution in [0.4, 0.5) is 0 Å². The molecule has 1 aromatic rings. The van der Waals surface area contributed by atoms with Gasteiger partial charge in [0.25, 0.3) is 0 Å². The average molecular weight is 347 g/mol. The number of nitrogens with zero attached hydrogens (tertiary/aromatic N) is 1. The number of rotatable bonds is 5. The Hall–Kier alpha value is -0.580. The lowest BCUT2D eigenvalue weighted by Crippen LogP contribution is -2.31. The number of alkyl halides is 1. The first-order valence-corrected chi connectivity index (χ1v) is 7.87. The van der Waals surface area contributed by atoms with Crippen molar-refractivity contribution in [2.24, 2.45) is 5.92 Å². The zero-order chi connectivity index (χ0) is 13.8. The molecule has 0 spiro atoms. The normalized spacial score (nSPS) is 20.9. The molecule has 1 N–H and O–H groups in total. The number of carbonyl (C=O) groups excluding carboxylic acids is 1. The molecule has 1 aromatic carbocycles. The Morgan fingerprint density at radius 3 is 2.63 bits per heavy atom. The number of carbonyl (C=O) groups is 1. The van der Waals surface area contributed by atoms with Crippen molar-refractivity contribution in [3.63, 3.8) is 0 Å². The maximum Gasteiger partial charge on any atom is 0.223 e. The number of halogens is 2. The standard InChI is InChI=1S/C14H17BrClNO2/c15-8-10-7-14(19)17(9-10)13(5-6-18)11-1-3-12(16)4-2-11/h1-4,10,13,18H,5-9H2. The van der Waals surface area contributed by atoms with Crippen molar-refractivity contribution in [3.8, 4) is 0 Å². The second-order valence-corrected chi connectivity index (χ2v) is 5.93. The average Bonchev–Trinajstić information content (AvgIpc) is 2.78. The van der Waals surface area contributed by atoms with Crippen LogP contribution in [0.15, 0.2) is 24.3 Å². The lowest BCUT2D eigenvalue weighted by Gasteiger charge is -2.28. The van der Waals surface area contributed by atoms with Crippen molar-refractivity contribution in [1.29, 1.82) is 0 Å². The van der Waals surface area contributed by atoms with Gasteiger partial charge in [-0.05, 0) is 30.0 Å². The van der Waals surface area contributed by atoms with Crippen LogP contribution >= 0.6 is 27.5 Å². The lowest BCUT2D eigenvalue weighted by molar-refractivity contribution is -0.130. The molecule has 19 heavy (non-hydrogen) atoms. The third-order valence-electron chi connectivity index (χ3n) is 3.49. The van der Waals surface area contributed by atoms with Crippen LogP contribution in [-0.4, -0.2) is 34.4 Å². The van der Waals surface area contributed by atoms with Gasteiger partial charge in [-0.3, -0.25) is 4.79 Å². The summed E-state index contributed by atoms with van der Waals surface area (Å²) in [6.07, 6.45) is 1.14. The maximum atomic E-state index is 12.1. The molecule has 2 rings (SSSR count). The highest BCUT2D eigenvalue weighted by molar-refractivity contribution is 9.09. The highest BCUT2D eigenvalue weighted by Gasteiger charge is 2.34. The zero-order valence-corrected chi connectivity index (χ0v) is 12.9. The Morgan fingerprint density at radius 1 is 1.42 bits per heavy atom. The van der Waals surface area contributed by atoms with Gasteiger partial charge in [-0.1, -0.05) is 39.7 Å². The third kappa shape index (κ3) is 3.50.